The van der Waals surface area contributed by atoms with Crippen LogP contribution in [0, 0.1) is 0 Å². The number of benzene rings is 2. The van der Waals surface area contributed by atoms with E-state index in [9.17, 15) is 9.00 Å². The monoisotopic (exact) mass is 512 g/mol. The van der Waals surface area contributed by atoms with E-state index in [1.165, 1.54) is 12.5 Å². The summed E-state index contributed by atoms with van der Waals surface area (Å²) in [5.41, 5.74) is 4.53. The Morgan fingerprint density at radius 3 is 2.43 bits per heavy atom. The van der Waals surface area contributed by atoms with Crippen LogP contribution in [0.4, 0.5) is 0 Å². The first-order chi connectivity index (χ1) is 17.8. The summed E-state index contributed by atoms with van der Waals surface area (Å²) in [6.45, 7) is 0.0456. The molecule has 0 atom stereocenters. The smallest absolute Gasteiger partial charge is 0.304 e. The molecule has 9 nitrogen and oxygen atoms in total. The molecule has 5 rings (SSSR count). The first kappa shape index (κ1) is 24.3. The van der Waals surface area contributed by atoms with Crippen molar-refractivity contribution in [3.8, 4) is 28.1 Å². The zero-order valence-electron chi connectivity index (χ0n) is 20.5. The first-order valence-corrected chi connectivity index (χ1v) is 13.7. The van der Waals surface area contributed by atoms with Gasteiger partial charge in [0.25, 0.3) is 0 Å². The number of pyridine rings is 1. The van der Waals surface area contributed by atoms with Gasteiger partial charge in [0.05, 0.1) is 5.52 Å². The molecule has 0 spiro atoms. The van der Waals surface area contributed by atoms with Crippen LogP contribution >= 0.6 is 0 Å². The lowest BCUT2D eigenvalue weighted by atomic mass is 10.0. The molecule has 0 radical (unpaired) electrons. The molecule has 0 aliphatic carbocycles. The third-order valence-electron chi connectivity index (χ3n) is 5.47. The Morgan fingerprint density at radius 2 is 1.70 bits per heavy atom. The van der Waals surface area contributed by atoms with E-state index >= 15 is 0 Å². The highest BCUT2D eigenvalue weighted by atomic mass is 32.2. The van der Waals surface area contributed by atoms with Gasteiger partial charge in [-0.2, -0.15) is 9.46 Å². The SMILES string of the molecule is Cn1cc(-c2ccncc2)c(-c2ccc(OCc3nc(C(=O)N=S(C)(C)=O)c4ccccc4n3)cc2)n1. The van der Waals surface area contributed by atoms with E-state index in [4.69, 9.17) is 4.74 Å². The molecule has 10 heteroatoms. The molecule has 3 heterocycles. The number of ether oxygens (including phenoxy) is 1. The van der Waals surface area contributed by atoms with Gasteiger partial charge in [-0.05, 0) is 48.0 Å². The summed E-state index contributed by atoms with van der Waals surface area (Å²) in [5, 5.41) is 5.18. The predicted octanol–water partition coefficient (Wildman–Crippen LogP) is 4.54. The molecule has 5 aromatic rings. The third kappa shape index (κ3) is 5.54. The van der Waals surface area contributed by atoms with Gasteiger partial charge >= 0.3 is 5.91 Å². The molecule has 0 saturated heterocycles. The van der Waals surface area contributed by atoms with E-state index in [-0.39, 0.29) is 12.3 Å². The maximum Gasteiger partial charge on any atom is 0.304 e. The maximum atomic E-state index is 12.7. The number of carbonyl (C=O) groups excluding carboxylic acids is 1. The number of amides is 1. The van der Waals surface area contributed by atoms with Gasteiger partial charge in [-0.15, -0.1) is 0 Å². The number of aryl methyl sites for hydroxylation is 1. The zero-order valence-corrected chi connectivity index (χ0v) is 21.3. The zero-order chi connectivity index (χ0) is 26.0. The molecule has 37 heavy (non-hydrogen) atoms. The van der Waals surface area contributed by atoms with Crippen molar-refractivity contribution in [3.05, 3.63) is 90.8 Å². The number of hydrogen-bond donors (Lipinski definition) is 0. The van der Waals surface area contributed by atoms with E-state index in [1.54, 1.807) is 35.3 Å². The Labute approximate surface area is 214 Å². The fourth-order valence-corrected chi connectivity index (χ4v) is 4.38. The van der Waals surface area contributed by atoms with Crippen LogP contribution in [0.5, 0.6) is 5.75 Å². The highest BCUT2D eigenvalue weighted by Crippen LogP contribution is 2.31. The summed E-state index contributed by atoms with van der Waals surface area (Å²) in [7, 11) is -0.741. The summed E-state index contributed by atoms with van der Waals surface area (Å²) >= 11 is 0. The molecule has 186 valence electrons. The van der Waals surface area contributed by atoms with E-state index < -0.39 is 15.6 Å². The minimum atomic E-state index is -2.63. The molecule has 3 aromatic heterocycles. The van der Waals surface area contributed by atoms with E-state index in [2.05, 4.69) is 24.4 Å². The number of hydrogen-bond acceptors (Lipinski definition) is 7. The quantitative estimate of drug-likeness (QED) is 0.328. The van der Waals surface area contributed by atoms with E-state index in [1.807, 2.05) is 55.7 Å². The fraction of sp³-hybridized carbons (Fsp3) is 0.148. The largest absolute Gasteiger partial charge is 0.486 e. The highest BCUT2D eigenvalue weighted by molar-refractivity contribution is 7.92. The van der Waals surface area contributed by atoms with Crippen molar-refractivity contribution in [3.63, 3.8) is 0 Å². The van der Waals surface area contributed by atoms with Crippen LogP contribution in [-0.4, -0.2) is 47.4 Å². The molecule has 0 aliphatic rings. The van der Waals surface area contributed by atoms with Gasteiger partial charge in [0.2, 0.25) is 0 Å². The van der Waals surface area contributed by atoms with Crippen LogP contribution < -0.4 is 4.74 Å². The average Bonchev–Trinajstić information content (AvgIpc) is 3.28. The van der Waals surface area contributed by atoms with Crippen LogP contribution in [-0.2, 0) is 23.4 Å². The molecule has 2 aromatic carbocycles. The molecular formula is C27H24N6O3S. The second-order valence-corrected chi connectivity index (χ2v) is 11.2. The molecule has 0 bridgehead atoms. The Bertz CT molecular complexity index is 1710. The standard InChI is InChI=1S/C27H24N6O3S/c1-33-16-22(18-12-14-28-15-13-18)25(31-33)19-8-10-20(11-9-19)36-17-24-29-23-7-5-4-6-21(23)26(30-24)27(34)32-37(2,3)35/h4-16H,17H2,1-3H3. The molecule has 0 N–H and O–H groups in total. The van der Waals surface area contributed by atoms with Crippen molar-refractivity contribution in [2.24, 2.45) is 11.4 Å². The van der Waals surface area contributed by atoms with Gasteiger partial charge in [-0.3, -0.25) is 14.5 Å². The average molecular weight is 513 g/mol. The maximum absolute atomic E-state index is 12.7. The Kier molecular flexibility index (Phi) is 6.49. The van der Waals surface area contributed by atoms with Crippen molar-refractivity contribution in [2.45, 2.75) is 6.61 Å². The molecule has 0 unspecified atom stereocenters. The van der Waals surface area contributed by atoms with Crippen LogP contribution in [0.2, 0.25) is 0 Å². The molecular weight excluding hydrogens is 488 g/mol. The van der Waals surface area contributed by atoms with E-state index in [0.717, 1.165) is 22.4 Å². The number of rotatable bonds is 6. The summed E-state index contributed by atoms with van der Waals surface area (Å²) in [5.74, 6) is 0.300. The number of para-hydroxylation sites is 1. The van der Waals surface area contributed by atoms with Crippen LogP contribution in [0.25, 0.3) is 33.3 Å². The van der Waals surface area contributed by atoms with Crippen molar-refractivity contribution in [2.75, 3.05) is 12.5 Å². The van der Waals surface area contributed by atoms with Crippen molar-refractivity contribution in [1.82, 2.24) is 24.7 Å². The number of carbonyl (C=O) groups is 1. The second-order valence-electron chi connectivity index (χ2n) is 8.70. The Balaban J connectivity index is 1.39. The number of fused-ring (bicyclic) bond motifs is 1. The number of nitrogens with zero attached hydrogens (tertiary/aromatic N) is 6. The Morgan fingerprint density at radius 1 is 0.973 bits per heavy atom. The molecule has 0 saturated carbocycles. The molecule has 1 amide bonds. The summed E-state index contributed by atoms with van der Waals surface area (Å²) in [6.07, 6.45) is 8.31. The van der Waals surface area contributed by atoms with Gasteiger partial charge in [0.1, 0.15) is 23.7 Å². The summed E-state index contributed by atoms with van der Waals surface area (Å²) in [6, 6.07) is 18.6. The lowest BCUT2D eigenvalue weighted by Crippen LogP contribution is -2.10. The van der Waals surface area contributed by atoms with Crippen molar-refractivity contribution < 1.29 is 13.7 Å². The van der Waals surface area contributed by atoms with Gasteiger partial charge in [-0.25, -0.2) is 14.2 Å². The normalized spacial score (nSPS) is 11.4. The van der Waals surface area contributed by atoms with Crippen LogP contribution in [0.3, 0.4) is 0 Å². The Hall–Kier alpha value is -4.44. The van der Waals surface area contributed by atoms with Crippen molar-refractivity contribution in [1.29, 1.82) is 0 Å². The predicted molar refractivity (Wildman–Crippen MR) is 142 cm³/mol. The molecule has 0 fully saturated rings. The van der Waals surface area contributed by atoms with Gasteiger partial charge in [0.15, 0.2) is 5.82 Å². The second kappa shape index (κ2) is 9.90. The number of aromatic nitrogens is 5. The minimum absolute atomic E-state index is 0.0456. The van der Waals surface area contributed by atoms with Gasteiger partial charge in [0, 0.05) is 64.4 Å². The lowest BCUT2D eigenvalue weighted by Gasteiger charge is -2.09. The summed E-state index contributed by atoms with van der Waals surface area (Å²) < 4.78 is 23.6. The first-order valence-electron chi connectivity index (χ1n) is 11.4. The fourth-order valence-electron chi connectivity index (χ4n) is 3.90. The third-order valence-corrected chi connectivity index (χ3v) is 6.08. The lowest BCUT2D eigenvalue weighted by molar-refractivity contribution is 0.100. The van der Waals surface area contributed by atoms with Crippen molar-refractivity contribution >= 4 is 26.5 Å². The van der Waals surface area contributed by atoms with Crippen LogP contribution in [0.1, 0.15) is 16.3 Å². The summed E-state index contributed by atoms with van der Waals surface area (Å²) in [4.78, 5) is 25.7. The topological polar surface area (TPSA) is 112 Å². The van der Waals surface area contributed by atoms with Gasteiger partial charge in [-0.1, -0.05) is 18.2 Å². The highest BCUT2D eigenvalue weighted by Gasteiger charge is 2.16. The van der Waals surface area contributed by atoms with E-state index in [0.29, 0.717) is 22.5 Å². The van der Waals surface area contributed by atoms with Gasteiger partial charge < -0.3 is 4.74 Å². The minimum Gasteiger partial charge on any atom is -0.486 e. The van der Waals surface area contributed by atoms with Crippen LogP contribution in [0.15, 0.2) is 83.6 Å². The molecule has 0 aliphatic heterocycles.